The van der Waals surface area contributed by atoms with Crippen LogP contribution in [0.4, 0.5) is 0 Å². The fraction of sp³-hybridized carbons (Fsp3) is 0.300. The van der Waals surface area contributed by atoms with Crippen molar-refractivity contribution in [3.05, 3.63) is 59.0 Å². The summed E-state index contributed by atoms with van der Waals surface area (Å²) >= 11 is 5.93. The summed E-state index contributed by atoms with van der Waals surface area (Å²) in [6.07, 6.45) is 2.02. The van der Waals surface area contributed by atoms with Gasteiger partial charge in [-0.2, -0.15) is 5.10 Å². The Morgan fingerprint density at radius 1 is 1.21 bits per heavy atom. The Labute approximate surface area is 166 Å². The van der Waals surface area contributed by atoms with Gasteiger partial charge in [-0.3, -0.25) is 9.59 Å². The molecule has 1 amide bonds. The molecule has 0 N–H and O–H groups in total. The van der Waals surface area contributed by atoms with Crippen molar-refractivity contribution in [3.63, 3.8) is 0 Å². The van der Waals surface area contributed by atoms with Gasteiger partial charge in [-0.25, -0.2) is 5.01 Å². The van der Waals surface area contributed by atoms with Crippen LogP contribution in [0.1, 0.15) is 43.6 Å². The van der Waals surface area contributed by atoms with Gasteiger partial charge in [0, 0.05) is 17.9 Å². The fourth-order valence-electron chi connectivity index (χ4n) is 2.82. The molecule has 2 heterocycles. The zero-order valence-electron chi connectivity index (χ0n) is 15.3. The molecule has 146 valence electrons. The van der Waals surface area contributed by atoms with Crippen LogP contribution in [0.3, 0.4) is 0 Å². The molecule has 1 aliphatic heterocycles. The molecule has 1 atom stereocenters. The topological polar surface area (TPSA) is 89.2 Å². The number of carbonyl (C=O) groups is 3. The van der Waals surface area contributed by atoms with Gasteiger partial charge in [0.2, 0.25) is 0 Å². The number of esters is 1. The molecule has 0 bridgehead atoms. The van der Waals surface area contributed by atoms with Gasteiger partial charge in [0.25, 0.3) is 5.91 Å². The van der Waals surface area contributed by atoms with Crippen molar-refractivity contribution >= 4 is 35.0 Å². The van der Waals surface area contributed by atoms with Gasteiger partial charge in [-0.15, -0.1) is 0 Å². The summed E-state index contributed by atoms with van der Waals surface area (Å²) in [5.41, 5.74) is 1.55. The van der Waals surface area contributed by atoms with Crippen LogP contribution < -0.4 is 0 Å². The Balaban J connectivity index is 1.72. The molecule has 1 aromatic heterocycles. The summed E-state index contributed by atoms with van der Waals surface area (Å²) in [5, 5.41) is 6.31. The van der Waals surface area contributed by atoms with E-state index in [1.165, 1.54) is 18.2 Å². The van der Waals surface area contributed by atoms with Gasteiger partial charge in [0.15, 0.2) is 6.61 Å². The van der Waals surface area contributed by atoms with E-state index in [0.717, 1.165) is 5.56 Å². The van der Waals surface area contributed by atoms with Crippen LogP contribution in [0.2, 0.25) is 5.02 Å². The van der Waals surface area contributed by atoms with Crippen LogP contribution in [0.25, 0.3) is 0 Å². The number of nitrogens with zero attached hydrogens (tertiary/aromatic N) is 2. The van der Waals surface area contributed by atoms with E-state index in [0.29, 0.717) is 22.9 Å². The lowest BCUT2D eigenvalue weighted by molar-refractivity contribution is -0.153. The lowest BCUT2D eigenvalue weighted by Crippen LogP contribution is -2.31. The van der Waals surface area contributed by atoms with Crippen LogP contribution in [0.5, 0.6) is 0 Å². The lowest BCUT2D eigenvalue weighted by atomic mass is 10.0. The normalized spacial score (nSPS) is 16.0. The van der Waals surface area contributed by atoms with Gasteiger partial charge in [0.1, 0.15) is 17.6 Å². The zero-order valence-corrected chi connectivity index (χ0v) is 16.0. The van der Waals surface area contributed by atoms with E-state index in [1.54, 1.807) is 24.3 Å². The Morgan fingerprint density at radius 3 is 2.61 bits per heavy atom. The van der Waals surface area contributed by atoms with E-state index in [4.69, 9.17) is 20.8 Å². The van der Waals surface area contributed by atoms with Gasteiger partial charge in [-0.05, 0) is 36.8 Å². The molecule has 0 saturated heterocycles. The summed E-state index contributed by atoms with van der Waals surface area (Å²) in [6, 6.07) is 10.2. The molecule has 3 rings (SSSR count). The minimum atomic E-state index is -0.598. The van der Waals surface area contributed by atoms with Crippen LogP contribution in [-0.2, 0) is 19.1 Å². The van der Waals surface area contributed by atoms with Crippen molar-refractivity contribution in [1.82, 2.24) is 5.01 Å². The molecule has 0 radical (unpaired) electrons. The van der Waals surface area contributed by atoms with Crippen molar-refractivity contribution in [1.29, 1.82) is 0 Å². The number of Topliss-reactive ketones (excluding diaryl/α,β-unsaturated/α-hetero) is 1. The van der Waals surface area contributed by atoms with Crippen molar-refractivity contribution in [2.45, 2.75) is 32.2 Å². The maximum absolute atomic E-state index is 12.6. The van der Waals surface area contributed by atoms with Crippen molar-refractivity contribution < 1.29 is 23.5 Å². The number of ether oxygens (including phenoxy) is 1. The Kier molecular flexibility index (Phi) is 6.26. The molecular formula is C20H19ClN2O5. The lowest BCUT2D eigenvalue weighted by Gasteiger charge is -2.19. The second-order valence-corrected chi connectivity index (χ2v) is 6.83. The predicted octanol–water partition coefficient (Wildman–Crippen LogP) is 3.52. The third-order valence-electron chi connectivity index (χ3n) is 4.25. The largest absolute Gasteiger partial charge is 0.467 e. The Morgan fingerprint density at radius 2 is 1.96 bits per heavy atom. The number of furan rings is 1. The highest BCUT2D eigenvalue weighted by atomic mass is 35.5. The quantitative estimate of drug-likeness (QED) is 0.661. The predicted molar refractivity (Wildman–Crippen MR) is 102 cm³/mol. The van der Waals surface area contributed by atoms with E-state index in [2.05, 4.69) is 5.10 Å². The van der Waals surface area contributed by atoms with Crippen molar-refractivity contribution in [2.75, 3.05) is 6.61 Å². The van der Waals surface area contributed by atoms with E-state index >= 15 is 0 Å². The highest BCUT2D eigenvalue weighted by Crippen LogP contribution is 2.33. The maximum Gasteiger partial charge on any atom is 0.306 e. The third kappa shape index (κ3) is 4.86. The van der Waals surface area contributed by atoms with Gasteiger partial charge >= 0.3 is 5.97 Å². The minimum Gasteiger partial charge on any atom is -0.467 e. The molecule has 0 fully saturated rings. The number of rotatable bonds is 7. The van der Waals surface area contributed by atoms with Crippen molar-refractivity contribution in [3.8, 4) is 0 Å². The molecule has 28 heavy (non-hydrogen) atoms. The number of halogens is 1. The Bertz CT molecular complexity index is 890. The number of ketones is 1. The number of hydrogen-bond acceptors (Lipinski definition) is 6. The summed E-state index contributed by atoms with van der Waals surface area (Å²) in [7, 11) is 0. The fourth-order valence-corrected chi connectivity index (χ4v) is 2.94. The van der Waals surface area contributed by atoms with Gasteiger partial charge in [0.05, 0.1) is 18.4 Å². The first kappa shape index (κ1) is 19.8. The SMILES string of the molecule is CC(=O)CCC(=O)OCC(=O)N1N=C(c2ccc(Cl)cc2)C[C@@H]1c1ccco1. The highest BCUT2D eigenvalue weighted by molar-refractivity contribution is 6.30. The van der Waals surface area contributed by atoms with Crippen LogP contribution in [0.15, 0.2) is 52.2 Å². The van der Waals surface area contributed by atoms with Crippen LogP contribution in [-0.4, -0.2) is 35.0 Å². The molecule has 1 aromatic carbocycles. The standard InChI is InChI=1S/C20H19ClN2O5/c1-13(24)4-9-20(26)28-12-19(25)23-17(18-3-2-10-27-18)11-16(22-23)14-5-7-15(21)8-6-14/h2-3,5-8,10,17H,4,9,11-12H2,1H3/t17-/m1/s1. The van der Waals surface area contributed by atoms with Crippen LogP contribution in [0, 0.1) is 0 Å². The first-order valence-corrected chi connectivity index (χ1v) is 9.16. The molecule has 1 aliphatic rings. The molecule has 0 aliphatic carbocycles. The van der Waals surface area contributed by atoms with Crippen LogP contribution >= 0.6 is 11.6 Å². The van der Waals surface area contributed by atoms with E-state index < -0.39 is 24.5 Å². The average Bonchev–Trinajstić information content (AvgIpc) is 3.34. The van der Waals surface area contributed by atoms with E-state index in [-0.39, 0.29) is 18.6 Å². The van der Waals surface area contributed by atoms with E-state index in [1.807, 2.05) is 12.1 Å². The minimum absolute atomic E-state index is 0.0521. The molecule has 2 aromatic rings. The summed E-state index contributed by atoms with van der Waals surface area (Å²) in [6.45, 7) is 0.939. The molecule has 0 saturated carbocycles. The first-order valence-electron chi connectivity index (χ1n) is 8.78. The summed E-state index contributed by atoms with van der Waals surface area (Å²) < 4.78 is 10.4. The molecule has 0 spiro atoms. The second kappa shape index (κ2) is 8.84. The maximum atomic E-state index is 12.6. The number of amides is 1. The summed E-state index contributed by atoms with van der Waals surface area (Å²) in [5.74, 6) is -0.595. The van der Waals surface area contributed by atoms with Gasteiger partial charge in [-0.1, -0.05) is 23.7 Å². The molecule has 7 nitrogen and oxygen atoms in total. The second-order valence-electron chi connectivity index (χ2n) is 6.39. The highest BCUT2D eigenvalue weighted by Gasteiger charge is 2.35. The summed E-state index contributed by atoms with van der Waals surface area (Å²) in [4.78, 5) is 35.3. The number of hydrazone groups is 1. The number of hydrogen-bond donors (Lipinski definition) is 0. The number of benzene rings is 1. The average molecular weight is 403 g/mol. The van der Waals surface area contributed by atoms with Crippen molar-refractivity contribution in [2.24, 2.45) is 5.10 Å². The first-order chi connectivity index (χ1) is 13.4. The monoisotopic (exact) mass is 402 g/mol. The third-order valence-corrected chi connectivity index (χ3v) is 4.50. The van der Waals surface area contributed by atoms with E-state index in [9.17, 15) is 14.4 Å². The van der Waals surface area contributed by atoms with Gasteiger partial charge < -0.3 is 13.9 Å². The Hall–Kier alpha value is -2.93. The zero-order chi connectivity index (χ0) is 20.1. The molecule has 8 heteroatoms. The molecule has 0 unspecified atom stereocenters. The molecular weight excluding hydrogens is 384 g/mol. The number of carbonyl (C=O) groups excluding carboxylic acids is 3. The smallest absolute Gasteiger partial charge is 0.306 e.